The Hall–Kier alpha value is -1.35. The lowest BCUT2D eigenvalue weighted by Crippen LogP contribution is -2.38. The number of rotatable bonds is 4. The van der Waals surface area contributed by atoms with Gasteiger partial charge in [-0.1, -0.05) is 13.3 Å². The fourth-order valence-corrected chi connectivity index (χ4v) is 2.92. The Kier molecular flexibility index (Phi) is 3.68. The first-order valence-electron chi connectivity index (χ1n) is 7.08. The zero-order chi connectivity index (χ0) is 14.2. The van der Waals surface area contributed by atoms with Crippen LogP contribution in [0.15, 0.2) is 12.1 Å². The maximum absolute atomic E-state index is 6.42. The van der Waals surface area contributed by atoms with Crippen LogP contribution in [0, 0.1) is 20.8 Å². The molecule has 104 valence electrons. The number of nitrogens with zero attached hydrogens (tertiary/aromatic N) is 2. The topological polar surface area (TPSA) is 43.3 Å². The molecule has 1 atom stereocenters. The molecule has 0 fully saturated rings. The summed E-state index contributed by atoms with van der Waals surface area (Å²) < 4.78 is 2.04. The molecule has 0 spiro atoms. The van der Waals surface area contributed by atoms with Gasteiger partial charge in [0.2, 0.25) is 0 Å². The summed E-state index contributed by atoms with van der Waals surface area (Å²) in [4.78, 5) is 0. The van der Waals surface area contributed by atoms with Gasteiger partial charge in [0.1, 0.15) is 0 Å². The monoisotopic (exact) mass is 259 g/mol. The summed E-state index contributed by atoms with van der Waals surface area (Å²) in [7, 11) is 0. The van der Waals surface area contributed by atoms with E-state index < -0.39 is 0 Å². The number of aryl methyl sites for hydroxylation is 3. The van der Waals surface area contributed by atoms with Crippen molar-refractivity contribution in [3.63, 3.8) is 0 Å². The van der Waals surface area contributed by atoms with Gasteiger partial charge < -0.3 is 5.73 Å². The van der Waals surface area contributed by atoms with Gasteiger partial charge in [-0.05, 0) is 58.2 Å². The Balaban J connectivity index is 2.51. The number of nitrogens with two attached hydrogens (primary N) is 1. The lowest BCUT2D eigenvalue weighted by Gasteiger charge is -2.24. The second-order valence-electron chi connectivity index (χ2n) is 6.12. The molecule has 0 bridgehead atoms. The molecule has 2 rings (SSSR count). The predicted octanol–water partition coefficient (Wildman–Crippen LogP) is 3.32. The summed E-state index contributed by atoms with van der Waals surface area (Å²) in [6.07, 6.45) is 3.04. The lowest BCUT2D eigenvalue weighted by molar-refractivity contribution is 0.425. The predicted molar refractivity (Wildman–Crippen MR) is 80.6 cm³/mol. The molecule has 0 radical (unpaired) electrons. The first-order valence-corrected chi connectivity index (χ1v) is 7.08. The third-order valence-electron chi connectivity index (χ3n) is 3.76. The Morgan fingerprint density at radius 1 is 1.26 bits per heavy atom. The third kappa shape index (κ3) is 2.81. The lowest BCUT2D eigenvalue weighted by atomic mass is 9.89. The van der Waals surface area contributed by atoms with E-state index in [1.54, 1.807) is 0 Å². The molecule has 0 amide bonds. The third-order valence-corrected chi connectivity index (χ3v) is 3.76. The van der Waals surface area contributed by atoms with Crippen molar-refractivity contribution >= 4 is 5.52 Å². The van der Waals surface area contributed by atoms with Gasteiger partial charge in [-0.25, -0.2) is 4.52 Å². The average molecular weight is 259 g/mol. The molecule has 1 unspecified atom stereocenters. The van der Waals surface area contributed by atoms with Gasteiger partial charge in [0.05, 0.1) is 11.2 Å². The van der Waals surface area contributed by atoms with E-state index in [1.165, 1.54) is 22.3 Å². The normalized spacial score (nSPS) is 14.8. The summed E-state index contributed by atoms with van der Waals surface area (Å²) in [5.74, 6) is 0. The van der Waals surface area contributed by atoms with Gasteiger partial charge in [-0.2, -0.15) is 5.10 Å². The molecule has 0 aliphatic rings. The SMILES string of the molecule is CCCC(C)(N)Cc1c(C)nn2c(C)cc(C)cc12. The van der Waals surface area contributed by atoms with Crippen molar-refractivity contribution < 1.29 is 0 Å². The van der Waals surface area contributed by atoms with Crippen LogP contribution in [-0.2, 0) is 6.42 Å². The van der Waals surface area contributed by atoms with Crippen LogP contribution in [0.2, 0.25) is 0 Å². The molecule has 2 aromatic rings. The first kappa shape index (κ1) is 14.1. The van der Waals surface area contributed by atoms with Crippen molar-refractivity contribution in [1.29, 1.82) is 0 Å². The molecule has 0 saturated carbocycles. The molecule has 3 heteroatoms. The smallest absolute Gasteiger partial charge is 0.0702 e. The van der Waals surface area contributed by atoms with Gasteiger partial charge in [0.25, 0.3) is 0 Å². The van der Waals surface area contributed by atoms with Crippen molar-refractivity contribution in [3.8, 4) is 0 Å². The van der Waals surface area contributed by atoms with E-state index in [0.29, 0.717) is 0 Å². The molecule has 0 aliphatic carbocycles. The summed E-state index contributed by atoms with van der Waals surface area (Å²) >= 11 is 0. The molecule has 0 saturated heterocycles. The second kappa shape index (κ2) is 4.97. The number of fused-ring (bicyclic) bond motifs is 1. The first-order chi connectivity index (χ1) is 8.84. The Morgan fingerprint density at radius 2 is 1.95 bits per heavy atom. The van der Waals surface area contributed by atoms with Gasteiger partial charge >= 0.3 is 0 Å². The maximum Gasteiger partial charge on any atom is 0.0702 e. The van der Waals surface area contributed by atoms with E-state index in [-0.39, 0.29) is 5.54 Å². The van der Waals surface area contributed by atoms with Crippen LogP contribution < -0.4 is 5.73 Å². The molecular weight excluding hydrogens is 234 g/mol. The van der Waals surface area contributed by atoms with E-state index in [4.69, 9.17) is 5.73 Å². The van der Waals surface area contributed by atoms with Gasteiger partial charge in [0.15, 0.2) is 0 Å². The fraction of sp³-hybridized carbons (Fsp3) is 0.562. The minimum atomic E-state index is -0.152. The van der Waals surface area contributed by atoms with Crippen LogP contribution >= 0.6 is 0 Å². The van der Waals surface area contributed by atoms with E-state index >= 15 is 0 Å². The van der Waals surface area contributed by atoms with E-state index in [0.717, 1.165) is 25.0 Å². The average Bonchev–Trinajstić information content (AvgIpc) is 2.56. The van der Waals surface area contributed by atoms with Crippen LogP contribution in [0.3, 0.4) is 0 Å². The highest BCUT2D eigenvalue weighted by molar-refractivity contribution is 5.59. The van der Waals surface area contributed by atoms with Crippen molar-refractivity contribution in [3.05, 3.63) is 34.6 Å². The van der Waals surface area contributed by atoms with Crippen LogP contribution in [0.5, 0.6) is 0 Å². The largest absolute Gasteiger partial charge is 0.325 e. The molecule has 19 heavy (non-hydrogen) atoms. The van der Waals surface area contributed by atoms with Crippen LogP contribution in [-0.4, -0.2) is 15.2 Å². The molecule has 3 nitrogen and oxygen atoms in total. The Bertz CT molecular complexity index is 594. The highest BCUT2D eigenvalue weighted by Gasteiger charge is 2.22. The molecule has 2 heterocycles. The van der Waals surface area contributed by atoms with E-state index in [9.17, 15) is 0 Å². The molecule has 2 N–H and O–H groups in total. The number of hydrogen-bond acceptors (Lipinski definition) is 2. The zero-order valence-electron chi connectivity index (χ0n) is 12.7. The number of hydrogen-bond donors (Lipinski definition) is 1. The minimum absolute atomic E-state index is 0.152. The molecule has 0 aliphatic heterocycles. The highest BCUT2D eigenvalue weighted by Crippen LogP contribution is 2.24. The zero-order valence-corrected chi connectivity index (χ0v) is 12.7. The van der Waals surface area contributed by atoms with Crippen LogP contribution in [0.4, 0.5) is 0 Å². The standard InChI is InChI=1S/C16H25N3/c1-6-7-16(5,17)10-14-13(4)18-19-12(3)8-11(2)9-15(14)19/h8-9H,6-7,10,17H2,1-5H3. The second-order valence-corrected chi connectivity index (χ2v) is 6.12. The van der Waals surface area contributed by atoms with Crippen molar-refractivity contribution in [1.82, 2.24) is 9.61 Å². The maximum atomic E-state index is 6.42. The van der Waals surface area contributed by atoms with Crippen LogP contribution in [0.1, 0.15) is 49.2 Å². The Morgan fingerprint density at radius 3 is 2.58 bits per heavy atom. The summed E-state index contributed by atoms with van der Waals surface area (Å²) in [5.41, 5.74) is 12.3. The van der Waals surface area contributed by atoms with Gasteiger partial charge in [-0.15, -0.1) is 0 Å². The van der Waals surface area contributed by atoms with Crippen LogP contribution in [0.25, 0.3) is 5.52 Å². The number of pyridine rings is 1. The minimum Gasteiger partial charge on any atom is -0.325 e. The molecule has 2 aromatic heterocycles. The molecule has 0 aromatic carbocycles. The molecular formula is C16H25N3. The Labute approximate surface area is 115 Å². The summed E-state index contributed by atoms with van der Waals surface area (Å²) in [6, 6.07) is 4.38. The van der Waals surface area contributed by atoms with Gasteiger partial charge in [-0.3, -0.25) is 0 Å². The van der Waals surface area contributed by atoms with Crippen molar-refractivity contribution in [2.45, 2.75) is 59.4 Å². The van der Waals surface area contributed by atoms with Crippen molar-refractivity contribution in [2.75, 3.05) is 0 Å². The highest BCUT2D eigenvalue weighted by atomic mass is 15.2. The van der Waals surface area contributed by atoms with Crippen molar-refractivity contribution in [2.24, 2.45) is 5.73 Å². The van der Waals surface area contributed by atoms with Gasteiger partial charge in [0, 0.05) is 16.8 Å². The fourth-order valence-electron chi connectivity index (χ4n) is 2.92. The number of aromatic nitrogens is 2. The van der Waals surface area contributed by atoms with E-state index in [2.05, 4.69) is 51.9 Å². The summed E-state index contributed by atoms with van der Waals surface area (Å²) in [5, 5.41) is 4.66. The summed E-state index contributed by atoms with van der Waals surface area (Å²) in [6.45, 7) is 10.6. The quantitative estimate of drug-likeness (QED) is 0.915. The van der Waals surface area contributed by atoms with E-state index in [1.807, 2.05) is 4.52 Å².